The van der Waals surface area contributed by atoms with Crippen LogP contribution in [0.2, 0.25) is 0 Å². The van der Waals surface area contributed by atoms with Crippen molar-refractivity contribution in [1.82, 2.24) is 0 Å². The van der Waals surface area contributed by atoms with E-state index in [1.165, 1.54) is 5.56 Å². The van der Waals surface area contributed by atoms with E-state index in [1.54, 1.807) is 6.08 Å². The quantitative estimate of drug-likeness (QED) is 0.756. The average molecular weight is 271 g/mol. The van der Waals surface area contributed by atoms with Crippen molar-refractivity contribution in [3.05, 3.63) is 97.8 Å². The van der Waals surface area contributed by atoms with Crippen LogP contribution in [0.3, 0.4) is 0 Å². The zero-order chi connectivity index (χ0) is 14.5. The summed E-state index contributed by atoms with van der Waals surface area (Å²) in [7, 11) is 0. The highest BCUT2D eigenvalue weighted by molar-refractivity contribution is 6.07. The molecule has 0 amide bonds. The van der Waals surface area contributed by atoms with Gasteiger partial charge in [0.25, 0.3) is 0 Å². The van der Waals surface area contributed by atoms with Crippen LogP contribution in [0.4, 0.5) is 0 Å². The predicted octanol–water partition coefficient (Wildman–Crippen LogP) is 4.34. The summed E-state index contributed by atoms with van der Waals surface area (Å²) >= 11 is 0. The number of carbonyl (C=O) groups excluding carboxylic acids is 1. The summed E-state index contributed by atoms with van der Waals surface area (Å²) in [5.74, 6) is 0.760. The molecule has 101 valence electrons. The van der Waals surface area contributed by atoms with Crippen LogP contribution in [-0.2, 0) is 4.79 Å². The largest absolute Gasteiger partial charge is 0.294 e. The van der Waals surface area contributed by atoms with Crippen LogP contribution in [0.5, 0.6) is 0 Å². The highest BCUT2D eigenvalue weighted by atomic mass is 16.1. The molecule has 0 unspecified atom stereocenters. The molecular formula is C20H15O. The van der Waals surface area contributed by atoms with E-state index in [0.717, 1.165) is 17.0 Å². The first-order valence-corrected chi connectivity index (χ1v) is 6.92. The maximum Gasteiger partial charge on any atom is 0.163 e. The van der Waals surface area contributed by atoms with Gasteiger partial charge in [-0.25, -0.2) is 0 Å². The Morgan fingerprint density at radius 1 is 0.810 bits per heavy atom. The van der Waals surface area contributed by atoms with Gasteiger partial charge in [-0.05, 0) is 54.5 Å². The molecule has 0 aromatic heterocycles. The van der Waals surface area contributed by atoms with E-state index in [9.17, 15) is 4.79 Å². The SMILES string of the molecule is O=C(/C=C/c1cccc(-c2ccccc2)c1)[C]1[CH][CH][CH][CH]1. The summed E-state index contributed by atoms with van der Waals surface area (Å²) in [6.07, 6.45) is 10.9. The lowest BCUT2D eigenvalue weighted by Crippen LogP contribution is -2.05. The number of allylic oxidation sites excluding steroid dienone is 1. The molecule has 1 aliphatic carbocycles. The van der Waals surface area contributed by atoms with Gasteiger partial charge in [0.15, 0.2) is 5.78 Å². The van der Waals surface area contributed by atoms with E-state index >= 15 is 0 Å². The van der Waals surface area contributed by atoms with Crippen LogP contribution in [0, 0.1) is 31.6 Å². The molecule has 2 aromatic rings. The van der Waals surface area contributed by atoms with E-state index < -0.39 is 0 Å². The molecule has 1 heteroatoms. The fraction of sp³-hybridized carbons (Fsp3) is 0. The van der Waals surface area contributed by atoms with Gasteiger partial charge < -0.3 is 0 Å². The topological polar surface area (TPSA) is 17.1 Å². The minimum atomic E-state index is 0.0325. The van der Waals surface area contributed by atoms with Crippen LogP contribution in [0.25, 0.3) is 17.2 Å². The lowest BCUT2D eigenvalue weighted by atomic mass is 10.00. The molecule has 21 heavy (non-hydrogen) atoms. The Morgan fingerprint density at radius 3 is 2.29 bits per heavy atom. The monoisotopic (exact) mass is 271 g/mol. The van der Waals surface area contributed by atoms with Gasteiger partial charge in [-0.1, -0.05) is 54.6 Å². The summed E-state index contributed by atoms with van der Waals surface area (Å²) in [5, 5.41) is 0. The predicted molar refractivity (Wildman–Crippen MR) is 86.4 cm³/mol. The molecule has 1 fully saturated rings. The van der Waals surface area contributed by atoms with E-state index in [4.69, 9.17) is 0 Å². The van der Waals surface area contributed by atoms with E-state index in [-0.39, 0.29) is 5.78 Å². The fourth-order valence-corrected chi connectivity index (χ4v) is 2.26. The number of hydrogen-bond acceptors (Lipinski definition) is 1. The Balaban J connectivity index is 1.75. The van der Waals surface area contributed by atoms with Gasteiger partial charge in [0.2, 0.25) is 0 Å². The highest BCUT2D eigenvalue weighted by Crippen LogP contribution is 2.25. The molecule has 0 atom stereocenters. The standard InChI is InChI=1S/C20H15O/c21-20(18-10-4-5-11-18)14-13-16-7-6-12-19(15-16)17-8-2-1-3-9-17/h1-15H/b14-13+. The number of ketones is 1. The van der Waals surface area contributed by atoms with E-state index in [1.807, 2.05) is 62.1 Å². The van der Waals surface area contributed by atoms with Crippen molar-refractivity contribution in [1.29, 1.82) is 0 Å². The lowest BCUT2D eigenvalue weighted by Gasteiger charge is -2.03. The second-order valence-electron chi connectivity index (χ2n) is 4.86. The van der Waals surface area contributed by atoms with Gasteiger partial charge in [0, 0.05) is 0 Å². The third kappa shape index (κ3) is 3.49. The highest BCUT2D eigenvalue weighted by Gasteiger charge is 2.22. The number of hydrogen-bond donors (Lipinski definition) is 0. The molecule has 0 spiro atoms. The third-order valence-electron chi connectivity index (χ3n) is 3.37. The minimum Gasteiger partial charge on any atom is -0.294 e. The summed E-state index contributed by atoms with van der Waals surface area (Å²) in [6, 6.07) is 18.4. The maximum absolute atomic E-state index is 11.9. The van der Waals surface area contributed by atoms with Crippen molar-refractivity contribution in [2.75, 3.05) is 0 Å². The van der Waals surface area contributed by atoms with E-state index in [2.05, 4.69) is 24.3 Å². The van der Waals surface area contributed by atoms with Gasteiger partial charge in [0.05, 0.1) is 5.92 Å². The third-order valence-corrected chi connectivity index (χ3v) is 3.37. The van der Waals surface area contributed by atoms with Crippen molar-refractivity contribution in [2.24, 2.45) is 0 Å². The Hall–Kier alpha value is -2.15. The molecule has 0 N–H and O–H groups in total. The lowest BCUT2D eigenvalue weighted by molar-refractivity contribution is -0.112. The van der Waals surface area contributed by atoms with Crippen molar-refractivity contribution < 1.29 is 4.79 Å². The molecule has 1 saturated carbocycles. The van der Waals surface area contributed by atoms with Gasteiger partial charge in [0.1, 0.15) is 0 Å². The summed E-state index contributed by atoms with van der Waals surface area (Å²) in [5.41, 5.74) is 3.35. The Labute approximate surface area is 126 Å². The summed E-state index contributed by atoms with van der Waals surface area (Å²) < 4.78 is 0. The molecule has 0 saturated heterocycles. The van der Waals surface area contributed by atoms with Crippen LogP contribution < -0.4 is 0 Å². The van der Waals surface area contributed by atoms with Crippen LogP contribution in [0.15, 0.2) is 60.7 Å². The van der Waals surface area contributed by atoms with Gasteiger partial charge in [-0.3, -0.25) is 4.79 Å². The van der Waals surface area contributed by atoms with Crippen molar-refractivity contribution in [2.45, 2.75) is 0 Å². The van der Waals surface area contributed by atoms with Crippen molar-refractivity contribution in [3.8, 4) is 11.1 Å². The van der Waals surface area contributed by atoms with Gasteiger partial charge in [-0.2, -0.15) is 0 Å². The molecule has 0 heterocycles. The van der Waals surface area contributed by atoms with Gasteiger partial charge in [-0.15, -0.1) is 0 Å². The molecule has 5 radical (unpaired) electrons. The summed E-state index contributed by atoms with van der Waals surface area (Å²) in [6.45, 7) is 0. The average Bonchev–Trinajstić information content (AvgIpc) is 3.08. The number of benzene rings is 2. The zero-order valence-electron chi connectivity index (χ0n) is 11.6. The van der Waals surface area contributed by atoms with Crippen molar-refractivity contribution in [3.63, 3.8) is 0 Å². The van der Waals surface area contributed by atoms with Crippen LogP contribution in [-0.4, -0.2) is 5.78 Å². The fourth-order valence-electron chi connectivity index (χ4n) is 2.26. The molecule has 2 aromatic carbocycles. The van der Waals surface area contributed by atoms with Gasteiger partial charge >= 0.3 is 0 Å². The normalized spacial score (nSPS) is 15.6. The molecular weight excluding hydrogens is 256 g/mol. The molecule has 3 rings (SSSR count). The maximum atomic E-state index is 11.9. The first-order valence-electron chi connectivity index (χ1n) is 6.92. The zero-order valence-corrected chi connectivity index (χ0v) is 11.6. The van der Waals surface area contributed by atoms with Crippen molar-refractivity contribution >= 4 is 11.9 Å². The molecule has 0 bridgehead atoms. The summed E-state index contributed by atoms with van der Waals surface area (Å²) in [4.78, 5) is 11.9. The Bertz CT molecular complexity index is 634. The smallest absolute Gasteiger partial charge is 0.163 e. The number of carbonyl (C=O) groups is 1. The second kappa shape index (κ2) is 6.53. The number of rotatable bonds is 4. The molecule has 1 aliphatic rings. The van der Waals surface area contributed by atoms with E-state index in [0.29, 0.717) is 0 Å². The first kappa shape index (κ1) is 13.8. The minimum absolute atomic E-state index is 0.0325. The van der Waals surface area contributed by atoms with Crippen LogP contribution in [0.1, 0.15) is 5.56 Å². The molecule has 1 nitrogen and oxygen atoms in total. The first-order chi connectivity index (χ1) is 10.3. The molecule has 0 aliphatic heterocycles. The van der Waals surface area contributed by atoms with Crippen LogP contribution >= 0.6 is 0 Å². The Kier molecular flexibility index (Phi) is 4.30. The second-order valence-corrected chi connectivity index (χ2v) is 4.86. The Morgan fingerprint density at radius 2 is 1.52 bits per heavy atom.